The van der Waals surface area contributed by atoms with E-state index >= 15 is 0 Å². The van der Waals surface area contributed by atoms with Gasteiger partial charge in [0.05, 0.1) is 12.3 Å². The fraction of sp³-hybridized carbons (Fsp3) is 0.556. The van der Waals surface area contributed by atoms with E-state index in [0.717, 1.165) is 12.2 Å². The molecule has 14 heavy (non-hydrogen) atoms. The van der Waals surface area contributed by atoms with Gasteiger partial charge in [-0.2, -0.15) is 5.10 Å². The van der Waals surface area contributed by atoms with E-state index in [2.05, 4.69) is 10.4 Å². The van der Waals surface area contributed by atoms with E-state index in [1.165, 1.54) is 0 Å². The summed E-state index contributed by atoms with van der Waals surface area (Å²) >= 11 is 0. The summed E-state index contributed by atoms with van der Waals surface area (Å²) < 4.78 is 6.70. The zero-order valence-electron chi connectivity index (χ0n) is 8.06. The number of hydrogen-bond acceptors (Lipinski definition) is 4. The molecule has 1 aliphatic rings. The summed E-state index contributed by atoms with van der Waals surface area (Å²) in [6.45, 7) is 3.56. The van der Waals surface area contributed by atoms with Gasteiger partial charge in [-0.15, -0.1) is 0 Å². The first-order chi connectivity index (χ1) is 6.83. The van der Waals surface area contributed by atoms with Crippen LogP contribution in [0.3, 0.4) is 0 Å². The summed E-state index contributed by atoms with van der Waals surface area (Å²) in [4.78, 5) is 11.5. The van der Waals surface area contributed by atoms with Crippen molar-refractivity contribution in [2.45, 2.75) is 19.5 Å². The maximum absolute atomic E-state index is 11.5. The molecule has 0 saturated carbocycles. The van der Waals surface area contributed by atoms with Crippen LogP contribution in [0.4, 0.5) is 0 Å². The number of ether oxygens (including phenoxy) is 1. The van der Waals surface area contributed by atoms with Crippen LogP contribution in [0.25, 0.3) is 0 Å². The van der Waals surface area contributed by atoms with Crippen molar-refractivity contribution in [1.82, 2.24) is 15.1 Å². The van der Waals surface area contributed by atoms with Crippen LogP contribution in [0.1, 0.15) is 18.7 Å². The lowest BCUT2D eigenvalue weighted by atomic mass is 10.2. The second-order valence-electron chi connectivity index (χ2n) is 3.17. The molecule has 1 N–H and O–H groups in total. The molecular weight excluding hydrogens is 182 g/mol. The number of hydrogen-bond donors (Lipinski definition) is 1. The molecule has 1 aliphatic heterocycles. The predicted molar refractivity (Wildman–Crippen MR) is 49.6 cm³/mol. The lowest BCUT2D eigenvalue weighted by molar-refractivity contribution is -0.147. The molecule has 0 fully saturated rings. The standard InChI is InChI=1S/C9H13N3O2/c1-2-14-9(13)8-6-10-5-7-3-4-11-12(7)8/h3-4,8,10H,2,5-6H2,1H3/t8-/m0/s1. The molecule has 0 amide bonds. The van der Waals surface area contributed by atoms with Gasteiger partial charge in [0, 0.05) is 19.3 Å². The van der Waals surface area contributed by atoms with Gasteiger partial charge in [-0.3, -0.25) is 4.68 Å². The minimum atomic E-state index is -0.311. The van der Waals surface area contributed by atoms with Crippen LogP contribution in [0.2, 0.25) is 0 Å². The number of fused-ring (bicyclic) bond motifs is 1. The Morgan fingerprint density at radius 3 is 3.50 bits per heavy atom. The SMILES string of the molecule is CCOC(=O)[C@@H]1CNCc2ccnn21. The van der Waals surface area contributed by atoms with E-state index in [-0.39, 0.29) is 12.0 Å². The third kappa shape index (κ3) is 1.50. The van der Waals surface area contributed by atoms with Crippen LogP contribution in [0, 0.1) is 0 Å². The highest BCUT2D eigenvalue weighted by Gasteiger charge is 2.27. The minimum Gasteiger partial charge on any atom is -0.464 e. The third-order valence-corrected chi connectivity index (χ3v) is 2.25. The van der Waals surface area contributed by atoms with Crippen LogP contribution in [0.15, 0.2) is 12.3 Å². The number of nitrogens with zero attached hydrogens (tertiary/aromatic N) is 2. The Labute approximate surface area is 82.0 Å². The summed E-state index contributed by atoms with van der Waals surface area (Å²) in [7, 11) is 0. The first-order valence-electron chi connectivity index (χ1n) is 4.72. The Hall–Kier alpha value is -1.36. The summed E-state index contributed by atoms with van der Waals surface area (Å²) in [5, 5.41) is 7.27. The van der Waals surface area contributed by atoms with Crippen molar-refractivity contribution < 1.29 is 9.53 Å². The molecule has 0 unspecified atom stereocenters. The number of esters is 1. The molecule has 0 aromatic carbocycles. The van der Waals surface area contributed by atoms with E-state index < -0.39 is 0 Å². The Morgan fingerprint density at radius 2 is 2.71 bits per heavy atom. The van der Waals surface area contributed by atoms with Crippen LogP contribution in [-0.4, -0.2) is 28.9 Å². The van der Waals surface area contributed by atoms with Crippen molar-refractivity contribution in [1.29, 1.82) is 0 Å². The van der Waals surface area contributed by atoms with Crippen molar-refractivity contribution in [3.63, 3.8) is 0 Å². The monoisotopic (exact) mass is 195 g/mol. The molecule has 2 rings (SSSR count). The Bertz CT molecular complexity index is 335. The first kappa shape index (κ1) is 9.21. The normalized spacial score (nSPS) is 20.2. The molecule has 76 valence electrons. The summed E-state index contributed by atoms with van der Waals surface area (Å²) in [5.74, 6) is -0.218. The summed E-state index contributed by atoms with van der Waals surface area (Å²) in [6, 6.07) is 1.59. The third-order valence-electron chi connectivity index (χ3n) is 2.25. The smallest absolute Gasteiger partial charge is 0.332 e. The number of nitrogens with one attached hydrogen (secondary N) is 1. The predicted octanol–water partition coefficient (Wildman–Crippen LogP) is 0.0905. The highest BCUT2D eigenvalue weighted by atomic mass is 16.5. The van der Waals surface area contributed by atoms with E-state index in [9.17, 15) is 4.79 Å². The largest absolute Gasteiger partial charge is 0.464 e. The molecular formula is C9H13N3O2. The lowest BCUT2D eigenvalue weighted by Crippen LogP contribution is -2.38. The maximum atomic E-state index is 11.5. The molecule has 5 heteroatoms. The second kappa shape index (κ2) is 3.79. The molecule has 0 spiro atoms. The highest BCUT2D eigenvalue weighted by Crippen LogP contribution is 2.14. The Morgan fingerprint density at radius 1 is 1.86 bits per heavy atom. The maximum Gasteiger partial charge on any atom is 0.332 e. The number of rotatable bonds is 2. The molecule has 2 heterocycles. The van der Waals surface area contributed by atoms with Gasteiger partial charge in [0.15, 0.2) is 6.04 Å². The quantitative estimate of drug-likeness (QED) is 0.679. The van der Waals surface area contributed by atoms with Crippen molar-refractivity contribution in [3.05, 3.63) is 18.0 Å². The molecule has 0 saturated heterocycles. The van der Waals surface area contributed by atoms with Crippen LogP contribution in [0.5, 0.6) is 0 Å². The lowest BCUT2D eigenvalue weighted by Gasteiger charge is -2.23. The topological polar surface area (TPSA) is 56.1 Å². The van der Waals surface area contributed by atoms with Gasteiger partial charge in [0.2, 0.25) is 0 Å². The molecule has 5 nitrogen and oxygen atoms in total. The number of carbonyl (C=O) groups is 1. The van der Waals surface area contributed by atoms with Crippen molar-refractivity contribution in [2.75, 3.05) is 13.2 Å². The van der Waals surface area contributed by atoms with Gasteiger partial charge in [-0.1, -0.05) is 0 Å². The van der Waals surface area contributed by atoms with E-state index in [1.54, 1.807) is 17.8 Å². The summed E-state index contributed by atoms with van der Waals surface area (Å²) in [5.41, 5.74) is 1.02. The zero-order valence-corrected chi connectivity index (χ0v) is 8.06. The van der Waals surface area contributed by atoms with Crippen LogP contribution in [-0.2, 0) is 16.1 Å². The fourth-order valence-electron chi connectivity index (χ4n) is 1.61. The Balaban J connectivity index is 2.19. The number of carbonyl (C=O) groups excluding carboxylic acids is 1. The molecule has 0 aliphatic carbocycles. The molecule has 0 bridgehead atoms. The van der Waals surface area contributed by atoms with Crippen LogP contribution >= 0.6 is 0 Å². The number of aromatic nitrogens is 2. The summed E-state index contributed by atoms with van der Waals surface area (Å²) in [6.07, 6.45) is 1.70. The van der Waals surface area contributed by atoms with Gasteiger partial charge in [0.1, 0.15) is 0 Å². The molecule has 1 aromatic heterocycles. The van der Waals surface area contributed by atoms with Gasteiger partial charge in [-0.25, -0.2) is 4.79 Å². The van der Waals surface area contributed by atoms with Gasteiger partial charge >= 0.3 is 5.97 Å². The Kier molecular flexibility index (Phi) is 2.49. The molecule has 0 radical (unpaired) electrons. The average Bonchev–Trinajstić information content (AvgIpc) is 2.65. The zero-order chi connectivity index (χ0) is 9.97. The van der Waals surface area contributed by atoms with Crippen LogP contribution < -0.4 is 5.32 Å². The molecule has 1 atom stereocenters. The van der Waals surface area contributed by atoms with E-state index in [0.29, 0.717) is 13.2 Å². The van der Waals surface area contributed by atoms with Crippen molar-refractivity contribution >= 4 is 5.97 Å². The highest BCUT2D eigenvalue weighted by molar-refractivity contribution is 5.74. The second-order valence-corrected chi connectivity index (χ2v) is 3.17. The van der Waals surface area contributed by atoms with Crippen molar-refractivity contribution in [3.8, 4) is 0 Å². The van der Waals surface area contributed by atoms with E-state index in [4.69, 9.17) is 4.74 Å². The van der Waals surface area contributed by atoms with Gasteiger partial charge in [-0.05, 0) is 13.0 Å². The van der Waals surface area contributed by atoms with Crippen molar-refractivity contribution in [2.24, 2.45) is 0 Å². The average molecular weight is 195 g/mol. The first-order valence-corrected chi connectivity index (χ1v) is 4.72. The fourth-order valence-corrected chi connectivity index (χ4v) is 1.61. The molecule has 1 aromatic rings. The minimum absolute atomic E-state index is 0.218. The van der Waals surface area contributed by atoms with Gasteiger partial charge in [0.25, 0.3) is 0 Å². The van der Waals surface area contributed by atoms with Gasteiger partial charge < -0.3 is 10.1 Å². The van der Waals surface area contributed by atoms with E-state index in [1.807, 2.05) is 6.07 Å².